The third-order valence-electron chi connectivity index (χ3n) is 4.85. The minimum atomic E-state index is -0.867. The third-order valence-corrected chi connectivity index (χ3v) is 4.85. The maximum atomic E-state index is 13.0. The van der Waals surface area contributed by atoms with Crippen LogP contribution in [0.5, 0.6) is 0 Å². The Morgan fingerprint density at radius 2 is 1.74 bits per heavy atom. The van der Waals surface area contributed by atoms with Gasteiger partial charge in [0.25, 0.3) is 11.8 Å². The molecule has 156 valence electrons. The number of imide groups is 1. The van der Waals surface area contributed by atoms with E-state index in [9.17, 15) is 19.2 Å². The van der Waals surface area contributed by atoms with Crippen molar-refractivity contribution in [3.8, 4) is 6.07 Å². The second kappa shape index (κ2) is 8.24. The van der Waals surface area contributed by atoms with Gasteiger partial charge in [0.2, 0.25) is 5.78 Å². The summed E-state index contributed by atoms with van der Waals surface area (Å²) in [6.45, 7) is 4.37. The summed E-state index contributed by atoms with van der Waals surface area (Å²) in [5, 5.41) is 8.94. The lowest BCUT2D eigenvalue weighted by atomic mass is 10.1. The minimum absolute atomic E-state index is 0.00229. The van der Waals surface area contributed by atoms with Crippen molar-refractivity contribution in [1.29, 1.82) is 5.26 Å². The molecule has 8 heteroatoms. The lowest BCUT2D eigenvalue weighted by Gasteiger charge is -2.17. The first-order chi connectivity index (χ1) is 14.6. The monoisotopic (exact) mass is 417 g/mol. The van der Waals surface area contributed by atoms with E-state index in [0.717, 1.165) is 16.0 Å². The Morgan fingerprint density at radius 3 is 2.39 bits per heavy atom. The molecule has 2 aromatic rings. The van der Waals surface area contributed by atoms with Gasteiger partial charge < -0.3 is 10.5 Å². The average Bonchev–Trinajstić information content (AvgIpc) is 2.98. The smallest absolute Gasteiger partial charge is 0.338 e. The van der Waals surface area contributed by atoms with Crippen LogP contribution in [0.4, 0.5) is 5.69 Å². The summed E-state index contributed by atoms with van der Waals surface area (Å²) in [7, 11) is 0. The number of nitrogens with two attached hydrogens (primary N) is 1. The van der Waals surface area contributed by atoms with Crippen LogP contribution in [0, 0.1) is 25.2 Å². The van der Waals surface area contributed by atoms with E-state index in [0.29, 0.717) is 5.69 Å². The molecule has 2 amide bonds. The number of nitrogens with zero attached hydrogens (tertiary/aromatic N) is 2. The molecule has 0 radical (unpaired) electrons. The Labute approximate surface area is 178 Å². The second-order valence-electron chi connectivity index (χ2n) is 7.17. The van der Waals surface area contributed by atoms with Gasteiger partial charge in [0.15, 0.2) is 6.61 Å². The van der Waals surface area contributed by atoms with E-state index in [1.807, 2.05) is 19.1 Å². The summed E-state index contributed by atoms with van der Waals surface area (Å²) in [4.78, 5) is 51.2. The van der Waals surface area contributed by atoms with Crippen LogP contribution in [0.25, 0.3) is 0 Å². The number of hydrogen-bond acceptors (Lipinski definition) is 7. The van der Waals surface area contributed by atoms with Gasteiger partial charge >= 0.3 is 5.97 Å². The fraction of sp³-hybridized carbons (Fsp3) is 0.174. The largest absolute Gasteiger partial charge is 0.454 e. The number of benzene rings is 2. The first kappa shape index (κ1) is 21.5. The summed E-state index contributed by atoms with van der Waals surface area (Å²) in [6.07, 6.45) is 0. The number of hydrogen-bond donors (Lipinski definition) is 1. The van der Waals surface area contributed by atoms with Gasteiger partial charge in [-0.3, -0.25) is 14.4 Å². The number of carbonyl (C=O) groups is 4. The molecule has 2 aromatic carbocycles. The minimum Gasteiger partial charge on any atom is -0.454 e. The molecule has 0 fully saturated rings. The van der Waals surface area contributed by atoms with Gasteiger partial charge in [0, 0.05) is 5.70 Å². The van der Waals surface area contributed by atoms with Crippen molar-refractivity contribution in [1.82, 2.24) is 0 Å². The van der Waals surface area contributed by atoms with Gasteiger partial charge in [-0.15, -0.1) is 0 Å². The highest BCUT2D eigenvalue weighted by molar-refractivity contribution is 6.35. The topological polar surface area (TPSA) is 131 Å². The number of carbonyl (C=O) groups excluding carboxylic acids is 4. The van der Waals surface area contributed by atoms with Crippen LogP contribution in [0.1, 0.15) is 49.1 Å². The van der Waals surface area contributed by atoms with Gasteiger partial charge in [0.1, 0.15) is 11.6 Å². The number of nitriles is 1. The number of allylic oxidation sites excluding steroid dienone is 1. The zero-order chi connectivity index (χ0) is 22.9. The Morgan fingerprint density at radius 1 is 1.06 bits per heavy atom. The molecular weight excluding hydrogens is 398 g/mol. The lowest BCUT2D eigenvalue weighted by Crippen LogP contribution is -2.30. The van der Waals surface area contributed by atoms with Crippen molar-refractivity contribution < 1.29 is 23.9 Å². The summed E-state index contributed by atoms with van der Waals surface area (Å²) in [5.74, 6) is -2.63. The molecular formula is C23H19N3O5. The number of ketones is 1. The SMILES string of the molecule is CC(N)=C(C#N)C(=O)COC(=O)c1ccc2c(c1)C(=O)N(c1cc(C)ccc1C)C2=O. The summed E-state index contributed by atoms with van der Waals surface area (Å²) >= 11 is 0. The number of Topliss-reactive ketones (excluding diaryl/α,β-unsaturated/α-hetero) is 1. The van der Waals surface area contributed by atoms with Crippen LogP contribution in [0.15, 0.2) is 47.7 Å². The van der Waals surface area contributed by atoms with Crippen molar-refractivity contribution in [3.05, 3.63) is 75.5 Å². The maximum absolute atomic E-state index is 13.0. The predicted octanol–water partition coefficient (Wildman–Crippen LogP) is 2.59. The van der Waals surface area contributed by atoms with E-state index in [4.69, 9.17) is 15.7 Å². The number of esters is 1. The summed E-state index contributed by atoms with van der Waals surface area (Å²) in [6, 6.07) is 11.1. The maximum Gasteiger partial charge on any atom is 0.338 e. The number of fused-ring (bicyclic) bond motifs is 1. The Balaban J connectivity index is 1.84. The van der Waals surface area contributed by atoms with Gasteiger partial charge in [-0.05, 0) is 56.2 Å². The van der Waals surface area contributed by atoms with Gasteiger partial charge in [-0.2, -0.15) is 5.26 Å². The normalized spacial score (nSPS) is 13.4. The van der Waals surface area contributed by atoms with Crippen molar-refractivity contribution >= 4 is 29.3 Å². The van der Waals surface area contributed by atoms with E-state index in [2.05, 4.69) is 0 Å². The summed E-state index contributed by atoms with van der Waals surface area (Å²) in [5.41, 5.74) is 7.58. The highest BCUT2D eigenvalue weighted by Crippen LogP contribution is 2.31. The zero-order valence-corrected chi connectivity index (χ0v) is 17.2. The number of aryl methyl sites for hydroxylation is 2. The number of ether oxygens (including phenoxy) is 1. The van der Waals surface area contributed by atoms with Crippen LogP contribution in [-0.4, -0.2) is 30.2 Å². The van der Waals surface area contributed by atoms with Crippen LogP contribution < -0.4 is 10.6 Å². The Bertz CT molecular complexity index is 1220. The van der Waals surface area contributed by atoms with Crippen LogP contribution in [-0.2, 0) is 9.53 Å². The average molecular weight is 417 g/mol. The van der Waals surface area contributed by atoms with E-state index >= 15 is 0 Å². The molecule has 1 heterocycles. The van der Waals surface area contributed by atoms with E-state index in [1.54, 1.807) is 19.1 Å². The predicted molar refractivity (Wildman–Crippen MR) is 111 cm³/mol. The van der Waals surface area contributed by atoms with Crippen molar-refractivity contribution in [2.45, 2.75) is 20.8 Å². The number of rotatable bonds is 5. The second-order valence-corrected chi connectivity index (χ2v) is 7.17. The van der Waals surface area contributed by atoms with Crippen LogP contribution in [0.3, 0.4) is 0 Å². The van der Waals surface area contributed by atoms with Crippen molar-refractivity contribution in [3.63, 3.8) is 0 Å². The van der Waals surface area contributed by atoms with Crippen LogP contribution >= 0.6 is 0 Å². The standard InChI is InChI=1S/C23H19N3O5/c1-12-4-5-13(2)19(8-12)26-21(28)16-7-6-15(9-17(16)22(26)29)23(30)31-11-20(27)18(10-24)14(3)25/h4-9H,11,25H2,1-3H3. The fourth-order valence-corrected chi connectivity index (χ4v) is 3.20. The first-order valence-electron chi connectivity index (χ1n) is 9.32. The Kier molecular flexibility index (Phi) is 5.70. The molecule has 2 N–H and O–H groups in total. The van der Waals surface area contributed by atoms with E-state index in [-0.39, 0.29) is 28.0 Å². The molecule has 0 saturated heterocycles. The molecule has 31 heavy (non-hydrogen) atoms. The van der Waals surface area contributed by atoms with Gasteiger partial charge in [-0.25, -0.2) is 9.69 Å². The lowest BCUT2D eigenvalue weighted by molar-refractivity contribution is -0.118. The number of amides is 2. The quantitative estimate of drug-likeness (QED) is 0.342. The Hall–Kier alpha value is -4.25. The zero-order valence-electron chi connectivity index (χ0n) is 17.2. The van der Waals surface area contributed by atoms with Crippen molar-refractivity contribution in [2.24, 2.45) is 5.73 Å². The molecule has 0 spiro atoms. The van der Waals surface area contributed by atoms with Crippen molar-refractivity contribution in [2.75, 3.05) is 11.5 Å². The molecule has 3 rings (SSSR count). The molecule has 1 aliphatic rings. The molecule has 0 atom stereocenters. The summed E-state index contributed by atoms with van der Waals surface area (Å²) < 4.78 is 4.95. The molecule has 8 nitrogen and oxygen atoms in total. The van der Waals surface area contributed by atoms with Gasteiger partial charge in [-0.1, -0.05) is 12.1 Å². The third kappa shape index (κ3) is 3.94. The molecule has 0 aliphatic carbocycles. The van der Waals surface area contributed by atoms with E-state index < -0.39 is 30.2 Å². The van der Waals surface area contributed by atoms with E-state index in [1.165, 1.54) is 25.1 Å². The molecule has 0 unspecified atom stereocenters. The van der Waals surface area contributed by atoms with Crippen LogP contribution in [0.2, 0.25) is 0 Å². The van der Waals surface area contributed by atoms with Gasteiger partial charge in [0.05, 0.1) is 22.4 Å². The highest BCUT2D eigenvalue weighted by Gasteiger charge is 2.38. The molecule has 1 aliphatic heterocycles. The highest BCUT2D eigenvalue weighted by atomic mass is 16.5. The first-order valence-corrected chi connectivity index (χ1v) is 9.32. The molecule has 0 saturated carbocycles. The molecule has 0 aromatic heterocycles. The number of anilines is 1. The fourth-order valence-electron chi connectivity index (χ4n) is 3.20. The molecule has 0 bridgehead atoms.